The molecular formula is C17H20FN3O2. The largest absolute Gasteiger partial charge is 0.491 e. The van der Waals surface area contributed by atoms with Crippen molar-refractivity contribution >= 4 is 6.03 Å². The summed E-state index contributed by atoms with van der Waals surface area (Å²) in [7, 11) is 0. The lowest BCUT2D eigenvalue weighted by molar-refractivity contribution is 0.226. The highest BCUT2D eigenvalue weighted by molar-refractivity contribution is 5.74. The number of halogens is 1. The Morgan fingerprint density at radius 2 is 2.04 bits per heavy atom. The number of hydrogen-bond acceptors (Lipinski definition) is 3. The highest BCUT2D eigenvalue weighted by Crippen LogP contribution is 2.11. The second-order valence-electron chi connectivity index (χ2n) is 5.14. The number of carbonyl (C=O) groups is 1. The van der Waals surface area contributed by atoms with Crippen LogP contribution in [0.15, 0.2) is 48.7 Å². The van der Waals surface area contributed by atoms with Crippen molar-refractivity contribution in [3.63, 3.8) is 0 Å². The van der Waals surface area contributed by atoms with Crippen molar-refractivity contribution in [2.45, 2.75) is 19.4 Å². The molecule has 0 spiro atoms. The zero-order valence-corrected chi connectivity index (χ0v) is 13.0. The van der Waals surface area contributed by atoms with Gasteiger partial charge < -0.3 is 15.4 Å². The molecule has 5 nitrogen and oxygen atoms in total. The van der Waals surface area contributed by atoms with Gasteiger partial charge in [-0.1, -0.05) is 6.07 Å². The van der Waals surface area contributed by atoms with Crippen LogP contribution in [0, 0.1) is 5.82 Å². The van der Waals surface area contributed by atoms with E-state index in [-0.39, 0.29) is 17.9 Å². The number of hydrogen-bond donors (Lipinski definition) is 2. The zero-order valence-electron chi connectivity index (χ0n) is 13.0. The number of pyridine rings is 1. The number of aromatic nitrogens is 1. The van der Waals surface area contributed by atoms with Gasteiger partial charge in [0.2, 0.25) is 0 Å². The molecule has 23 heavy (non-hydrogen) atoms. The Hall–Kier alpha value is -2.63. The predicted octanol–water partition coefficient (Wildman–Crippen LogP) is 2.53. The van der Waals surface area contributed by atoms with Crippen molar-refractivity contribution in [2.24, 2.45) is 0 Å². The van der Waals surface area contributed by atoms with E-state index >= 15 is 0 Å². The molecule has 1 atom stereocenters. The first-order chi connectivity index (χ1) is 11.1. The molecule has 0 saturated carbocycles. The first-order valence-electron chi connectivity index (χ1n) is 7.46. The highest BCUT2D eigenvalue weighted by Gasteiger charge is 2.07. The summed E-state index contributed by atoms with van der Waals surface area (Å²) in [5.41, 5.74) is 0.931. The van der Waals surface area contributed by atoms with Crippen LogP contribution >= 0.6 is 0 Å². The van der Waals surface area contributed by atoms with E-state index in [1.807, 2.05) is 25.1 Å². The molecule has 0 aliphatic rings. The van der Waals surface area contributed by atoms with Crippen LogP contribution in [-0.2, 0) is 6.42 Å². The van der Waals surface area contributed by atoms with Gasteiger partial charge in [-0.3, -0.25) is 4.98 Å². The van der Waals surface area contributed by atoms with Gasteiger partial charge in [-0.2, -0.15) is 0 Å². The summed E-state index contributed by atoms with van der Waals surface area (Å²) in [6.45, 7) is 2.65. The van der Waals surface area contributed by atoms with E-state index in [1.165, 1.54) is 12.1 Å². The minimum absolute atomic E-state index is 0.171. The summed E-state index contributed by atoms with van der Waals surface area (Å²) in [6.07, 6.45) is 2.40. The van der Waals surface area contributed by atoms with Crippen LogP contribution in [-0.4, -0.2) is 30.2 Å². The fourth-order valence-corrected chi connectivity index (χ4v) is 1.92. The molecule has 0 aliphatic heterocycles. The van der Waals surface area contributed by atoms with Gasteiger partial charge in [0.1, 0.15) is 18.2 Å². The number of urea groups is 1. The molecule has 6 heteroatoms. The van der Waals surface area contributed by atoms with Crippen LogP contribution in [0.4, 0.5) is 9.18 Å². The van der Waals surface area contributed by atoms with Gasteiger partial charge >= 0.3 is 6.03 Å². The summed E-state index contributed by atoms with van der Waals surface area (Å²) >= 11 is 0. The van der Waals surface area contributed by atoms with Gasteiger partial charge in [0.05, 0.1) is 6.04 Å². The van der Waals surface area contributed by atoms with E-state index < -0.39 is 0 Å². The predicted molar refractivity (Wildman–Crippen MR) is 85.8 cm³/mol. The van der Waals surface area contributed by atoms with Crippen molar-refractivity contribution in [2.75, 3.05) is 13.2 Å². The molecule has 0 aliphatic carbocycles. The van der Waals surface area contributed by atoms with Crippen molar-refractivity contribution in [3.8, 4) is 5.75 Å². The molecule has 0 saturated heterocycles. The van der Waals surface area contributed by atoms with E-state index in [1.54, 1.807) is 18.3 Å². The number of amides is 2. The topological polar surface area (TPSA) is 63.2 Å². The maximum absolute atomic E-state index is 12.8. The van der Waals surface area contributed by atoms with Crippen LogP contribution in [0.25, 0.3) is 0 Å². The molecular weight excluding hydrogens is 297 g/mol. The average molecular weight is 317 g/mol. The highest BCUT2D eigenvalue weighted by atomic mass is 19.1. The fraction of sp³-hybridized carbons (Fsp3) is 0.294. The Bertz CT molecular complexity index is 605. The quantitative estimate of drug-likeness (QED) is 0.825. The molecule has 2 rings (SSSR count). The van der Waals surface area contributed by atoms with Crippen LogP contribution < -0.4 is 15.4 Å². The number of carbonyl (C=O) groups excluding carboxylic acids is 1. The molecule has 122 valence electrons. The summed E-state index contributed by atoms with van der Waals surface area (Å²) in [5.74, 6) is 0.256. The van der Waals surface area contributed by atoms with Crippen LogP contribution in [0.5, 0.6) is 5.75 Å². The SMILES string of the molecule is CC(COc1ccc(F)cc1)NC(=O)NCCc1ccccn1. The van der Waals surface area contributed by atoms with E-state index in [0.29, 0.717) is 25.3 Å². The number of ether oxygens (including phenoxy) is 1. The van der Waals surface area contributed by atoms with Crippen molar-refractivity contribution in [1.82, 2.24) is 15.6 Å². The summed E-state index contributed by atoms with van der Waals surface area (Å²) in [6, 6.07) is 11.0. The number of nitrogens with zero attached hydrogens (tertiary/aromatic N) is 1. The molecule has 2 amide bonds. The van der Waals surface area contributed by atoms with Crippen molar-refractivity contribution in [1.29, 1.82) is 0 Å². The van der Waals surface area contributed by atoms with Crippen LogP contribution in [0.3, 0.4) is 0 Å². The smallest absolute Gasteiger partial charge is 0.315 e. The first-order valence-corrected chi connectivity index (χ1v) is 7.46. The lowest BCUT2D eigenvalue weighted by Crippen LogP contribution is -2.43. The Balaban J connectivity index is 1.63. The normalized spacial score (nSPS) is 11.6. The second kappa shape index (κ2) is 8.73. The first kappa shape index (κ1) is 16.7. The number of nitrogens with one attached hydrogen (secondary N) is 2. The molecule has 0 bridgehead atoms. The molecule has 0 radical (unpaired) electrons. The molecule has 1 aromatic carbocycles. The molecule has 0 fully saturated rings. The Kier molecular flexibility index (Phi) is 6.35. The number of benzene rings is 1. The molecule has 1 heterocycles. The van der Waals surface area contributed by atoms with Crippen LogP contribution in [0.2, 0.25) is 0 Å². The zero-order chi connectivity index (χ0) is 16.5. The van der Waals surface area contributed by atoms with E-state index in [9.17, 15) is 9.18 Å². The molecule has 1 aromatic heterocycles. The van der Waals surface area contributed by atoms with Crippen molar-refractivity contribution in [3.05, 3.63) is 60.2 Å². The second-order valence-corrected chi connectivity index (χ2v) is 5.14. The maximum Gasteiger partial charge on any atom is 0.315 e. The summed E-state index contributed by atoms with van der Waals surface area (Å²) in [5, 5.41) is 5.55. The molecule has 1 unspecified atom stereocenters. The van der Waals surface area contributed by atoms with Gasteiger partial charge in [-0.25, -0.2) is 9.18 Å². The van der Waals surface area contributed by atoms with Gasteiger partial charge in [-0.15, -0.1) is 0 Å². The van der Waals surface area contributed by atoms with E-state index in [4.69, 9.17) is 4.74 Å². The maximum atomic E-state index is 12.8. The van der Waals surface area contributed by atoms with Crippen LogP contribution in [0.1, 0.15) is 12.6 Å². The van der Waals surface area contributed by atoms with E-state index in [2.05, 4.69) is 15.6 Å². The lowest BCUT2D eigenvalue weighted by atomic mass is 10.3. The third-order valence-electron chi connectivity index (χ3n) is 3.08. The number of rotatable bonds is 7. The van der Waals surface area contributed by atoms with Gasteiger partial charge in [-0.05, 0) is 43.3 Å². The standard InChI is InChI=1S/C17H20FN3O2/c1-13(12-23-16-7-5-14(18)6-8-16)21-17(22)20-11-9-15-4-2-3-10-19-15/h2-8,10,13H,9,11-12H2,1H3,(H2,20,21,22). The average Bonchev–Trinajstić information content (AvgIpc) is 2.55. The Labute approximate surface area is 134 Å². The molecule has 2 aromatic rings. The van der Waals surface area contributed by atoms with Gasteiger partial charge in [0.25, 0.3) is 0 Å². The minimum Gasteiger partial charge on any atom is -0.491 e. The Morgan fingerprint density at radius 3 is 2.74 bits per heavy atom. The summed E-state index contributed by atoms with van der Waals surface area (Å²) in [4.78, 5) is 15.9. The van der Waals surface area contributed by atoms with Gasteiger partial charge in [0.15, 0.2) is 0 Å². The van der Waals surface area contributed by atoms with Gasteiger partial charge in [0, 0.05) is 24.9 Å². The molecule has 2 N–H and O–H groups in total. The lowest BCUT2D eigenvalue weighted by Gasteiger charge is -2.15. The minimum atomic E-state index is -0.309. The third kappa shape index (κ3) is 6.34. The van der Waals surface area contributed by atoms with Crippen molar-refractivity contribution < 1.29 is 13.9 Å². The van der Waals surface area contributed by atoms with E-state index in [0.717, 1.165) is 5.69 Å². The summed E-state index contributed by atoms with van der Waals surface area (Å²) < 4.78 is 18.3. The third-order valence-corrected chi connectivity index (χ3v) is 3.08. The Morgan fingerprint density at radius 1 is 1.26 bits per heavy atom. The monoisotopic (exact) mass is 317 g/mol. The fourth-order valence-electron chi connectivity index (χ4n) is 1.92.